The van der Waals surface area contributed by atoms with Gasteiger partial charge in [-0.3, -0.25) is 0 Å². The third-order valence-corrected chi connectivity index (χ3v) is 3.76. The Morgan fingerprint density at radius 1 is 1.44 bits per heavy atom. The highest BCUT2D eigenvalue weighted by Crippen LogP contribution is 2.25. The number of pyridine rings is 1. The van der Waals surface area contributed by atoms with Crippen molar-refractivity contribution in [2.45, 2.75) is 38.8 Å². The van der Waals surface area contributed by atoms with E-state index in [9.17, 15) is 15.0 Å². The summed E-state index contributed by atoms with van der Waals surface area (Å²) in [6.07, 6.45) is -0.459. The van der Waals surface area contributed by atoms with E-state index in [1.54, 1.807) is 13.0 Å². The lowest BCUT2D eigenvalue weighted by molar-refractivity contribution is 0.0691. The number of aromatic nitrogens is 1. The number of carbonyl (C=O) groups is 1. The number of hydrogen-bond donors (Lipinski definition) is 2. The third-order valence-electron chi connectivity index (χ3n) is 2.69. The van der Waals surface area contributed by atoms with Gasteiger partial charge in [-0.25, -0.2) is 9.78 Å². The normalized spacial score (nSPS) is 12.8. The van der Waals surface area contributed by atoms with Gasteiger partial charge in [0, 0.05) is 11.4 Å². The molecule has 0 spiro atoms. The lowest BCUT2D eigenvalue weighted by Gasteiger charge is -2.15. The summed E-state index contributed by atoms with van der Waals surface area (Å²) in [5, 5.41) is 19.4. The number of carboxylic acid groups (broad SMARTS) is 1. The molecule has 4 nitrogen and oxygen atoms in total. The number of aromatic carboxylic acids is 1. The highest BCUT2D eigenvalue weighted by Gasteiger charge is 2.18. The van der Waals surface area contributed by atoms with E-state index in [0.717, 1.165) is 5.69 Å². The summed E-state index contributed by atoms with van der Waals surface area (Å²) in [5.74, 6) is -0.369. The van der Waals surface area contributed by atoms with Crippen LogP contribution in [0.4, 0.5) is 0 Å². The average Bonchev–Trinajstić information content (AvgIpc) is 2.23. The minimum Gasteiger partial charge on any atom is -0.478 e. The van der Waals surface area contributed by atoms with E-state index in [1.165, 1.54) is 11.8 Å². The van der Waals surface area contributed by atoms with E-state index in [-0.39, 0.29) is 11.5 Å². The van der Waals surface area contributed by atoms with Crippen LogP contribution in [-0.4, -0.2) is 33.0 Å². The summed E-state index contributed by atoms with van der Waals surface area (Å²) in [7, 11) is 0. The van der Waals surface area contributed by atoms with Crippen molar-refractivity contribution in [1.82, 2.24) is 4.98 Å². The van der Waals surface area contributed by atoms with Crippen LogP contribution in [0.3, 0.4) is 0 Å². The lowest BCUT2D eigenvalue weighted by atomic mass is 10.1. The van der Waals surface area contributed by atoms with Crippen LogP contribution in [-0.2, 0) is 0 Å². The zero-order valence-corrected chi connectivity index (χ0v) is 11.9. The first-order valence-electron chi connectivity index (χ1n) is 5.85. The number of hydrogen-bond acceptors (Lipinski definition) is 4. The SMILES string of the molecule is Cc1cc(C)c(C(=O)O)c(SCC(O)C(C)C)n1. The number of aliphatic hydroxyl groups excluding tert-OH is 1. The Kier molecular flexibility index (Phi) is 5.16. The fraction of sp³-hybridized carbons (Fsp3) is 0.538. The fourth-order valence-electron chi connectivity index (χ4n) is 1.52. The predicted octanol–water partition coefficient (Wildman–Crippen LogP) is 2.51. The number of aliphatic hydroxyl groups is 1. The second-order valence-electron chi connectivity index (χ2n) is 4.69. The van der Waals surface area contributed by atoms with Gasteiger partial charge < -0.3 is 10.2 Å². The van der Waals surface area contributed by atoms with Crippen molar-refractivity contribution in [1.29, 1.82) is 0 Å². The minimum atomic E-state index is -0.971. The molecule has 1 atom stereocenters. The fourth-order valence-corrected chi connectivity index (χ4v) is 2.84. The number of nitrogens with zero attached hydrogens (tertiary/aromatic N) is 1. The van der Waals surface area contributed by atoms with E-state index >= 15 is 0 Å². The Labute approximate surface area is 111 Å². The quantitative estimate of drug-likeness (QED) is 0.804. The maximum absolute atomic E-state index is 11.2. The van der Waals surface area contributed by atoms with Crippen molar-refractivity contribution >= 4 is 17.7 Å². The molecular weight excluding hydrogens is 250 g/mol. The molecule has 5 heteroatoms. The maximum Gasteiger partial charge on any atom is 0.338 e. The van der Waals surface area contributed by atoms with Gasteiger partial charge in [-0.15, -0.1) is 11.8 Å². The lowest BCUT2D eigenvalue weighted by Crippen LogP contribution is -2.18. The summed E-state index contributed by atoms with van der Waals surface area (Å²) in [6, 6.07) is 1.76. The topological polar surface area (TPSA) is 70.4 Å². The van der Waals surface area contributed by atoms with Crippen LogP contribution in [0, 0.1) is 19.8 Å². The first-order chi connectivity index (χ1) is 8.32. The van der Waals surface area contributed by atoms with Crippen molar-refractivity contribution in [3.8, 4) is 0 Å². The molecule has 1 aromatic rings. The molecule has 100 valence electrons. The molecule has 0 aliphatic carbocycles. The third kappa shape index (κ3) is 3.71. The molecule has 0 aromatic carbocycles. The zero-order chi connectivity index (χ0) is 13.9. The molecule has 0 aliphatic heterocycles. The van der Waals surface area contributed by atoms with Crippen LogP contribution in [0.1, 0.15) is 35.5 Å². The van der Waals surface area contributed by atoms with Gasteiger partial charge in [0.15, 0.2) is 0 Å². The largest absolute Gasteiger partial charge is 0.478 e. The summed E-state index contributed by atoms with van der Waals surface area (Å²) in [4.78, 5) is 15.5. The van der Waals surface area contributed by atoms with E-state index in [0.29, 0.717) is 16.3 Å². The predicted molar refractivity (Wildman–Crippen MR) is 72.2 cm³/mol. The molecule has 1 aromatic heterocycles. The smallest absolute Gasteiger partial charge is 0.338 e. The summed E-state index contributed by atoms with van der Waals surface area (Å²) >= 11 is 1.30. The van der Waals surface area contributed by atoms with Gasteiger partial charge >= 0.3 is 5.97 Å². The van der Waals surface area contributed by atoms with Gasteiger partial charge in [-0.1, -0.05) is 13.8 Å². The van der Waals surface area contributed by atoms with Crippen LogP contribution in [0.15, 0.2) is 11.1 Å². The van der Waals surface area contributed by atoms with E-state index in [4.69, 9.17) is 0 Å². The molecule has 1 rings (SSSR count). The van der Waals surface area contributed by atoms with Gasteiger partial charge in [-0.2, -0.15) is 0 Å². The minimum absolute atomic E-state index is 0.150. The standard InChI is InChI=1S/C13H19NO3S/c1-7(2)10(15)6-18-12-11(13(16)17)8(3)5-9(4)14-12/h5,7,10,15H,6H2,1-4H3,(H,16,17). The molecule has 18 heavy (non-hydrogen) atoms. The number of carboxylic acids is 1. The first-order valence-corrected chi connectivity index (χ1v) is 6.84. The molecule has 1 heterocycles. The van der Waals surface area contributed by atoms with Crippen molar-refractivity contribution in [3.05, 3.63) is 22.9 Å². The van der Waals surface area contributed by atoms with Crippen LogP contribution < -0.4 is 0 Å². The van der Waals surface area contributed by atoms with Gasteiger partial charge in [0.1, 0.15) is 5.03 Å². The van der Waals surface area contributed by atoms with Gasteiger partial charge in [0.25, 0.3) is 0 Å². The number of thioether (sulfide) groups is 1. The molecule has 2 N–H and O–H groups in total. The van der Waals surface area contributed by atoms with Crippen LogP contribution in [0.2, 0.25) is 0 Å². The first kappa shape index (κ1) is 15.0. The van der Waals surface area contributed by atoms with Crippen LogP contribution in [0.5, 0.6) is 0 Å². The van der Waals surface area contributed by atoms with Crippen molar-refractivity contribution in [3.63, 3.8) is 0 Å². The van der Waals surface area contributed by atoms with Crippen molar-refractivity contribution in [2.24, 2.45) is 5.92 Å². The second kappa shape index (κ2) is 6.20. The molecule has 0 aliphatic rings. The monoisotopic (exact) mass is 269 g/mol. The van der Waals surface area contributed by atoms with Crippen LogP contribution in [0.25, 0.3) is 0 Å². The molecule has 0 fully saturated rings. The van der Waals surface area contributed by atoms with Crippen molar-refractivity contribution < 1.29 is 15.0 Å². The summed E-state index contributed by atoms with van der Waals surface area (Å²) < 4.78 is 0. The maximum atomic E-state index is 11.2. The summed E-state index contributed by atoms with van der Waals surface area (Å²) in [5.41, 5.74) is 1.73. The molecule has 1 unspecified atom stereocenters. The van der Waals surface area contributed by atoms with Crippen molar-refractivity contribution in [2.75, 3.05) is 5.75 Å². The van der Waals surface area contributed by atoms with E-state index in [2.05, 4.69) is 4.98 Å². The molecule has 0 amide bonds. The number of aryl methyl sites for hydroxylation is 2. The molecule has 0 radical (unpaired) electrons. The van der Waals surface area contributed by atoms with Crippen LogP contribution >= 0.6 is 11.8 Å². The Morgan fingerprint density at radius 3 is 2.56 bits per heavy atom. The molecule has 0 saturated heterocycles. The Morgan fingerprint density at radius 2 is 2.06 bits per heavy atom. The highest BCUT2D eigenvalue weighted by atomic mass is 32.2. The Balaban J connectivity index is 2.97. The van der Waals surface area contributed by atoms with Gasteiger partial charge in [-0.05, 0) is 31.4 Å². The molecule has 0 bridgehead atoms. The average molecular weight is 269 g/mol. The molecular formula is C13H19NO3S. The van der Waals surface area contributed by atoms with Gasteiger partial charge in [0.2, 0.25) is 0 Å². The molecule has 0 saturated carbocycles. The van der Waals surface area contributed by atoms with E-state index in [1.807, 2.05) is 20.8 Å². The number of rotatable bonds is 5. The zero-order valence-electron chi connectivity index (χ0n) is 11.1. The Bertz CT molecular complexity index is 446. The second-order valence-corrected chi connectivity index (χ2v) is 5.70. The highest BCUT2D eigenvalue weighted by molar-refractivity contribution is 7.99. The Hall–Kier alpha value is -1.07. The van der Waals surface area contributed by atoms with E-state index < -0.39 is 12.1 Å². The van der Waals surface area contributed by atoms with Gasteiger partial charge in [0.05, 0.1) is 11.7 Å². The summed E-state index contributed by atoms with van der Waals surface area (Å²) in [6.45, 7) is 7.46.